The highest BCUT2D eigenvalue weighted by Gasteiger charge is 2.24. The van der Waals surface area contributed by atoms with Crippen LogP contribution in [0.25, 0.3) is 0 Å². The first-order chi connectivity index (χ1) is 6.90. The van der Waals surface area contributed by atoms with Gasteiger partial charge in [0.15, 0.2) is 0 Å². The molecule has 88 valence electrons. The standard InChI is InChI=1S/C12H24N2O/c1-10(13-12(2,3)4)11(15)14-8-6-5-7-9-14/h10,13H,5-9H2,1-4H3. The van der Waals surface area contributed by atoms with E-state index < -0.39 is 0 Å². The second-order valence-corrected chi connectivity index (χ2v) is 5.50. The third-order valence-corrected chi connectivity index (χ3v) is 2.69. The highest BCUT2D eigenvalue weighted by atomic mass is 16.2. The molecule has 3 heteroatoms. The molecule has 1 atom stereocenters. The molecule has 15 heavy (non-hydrogen) atoms. The number of amides is 1. The Morgan fingerprint density at radius 2 is 1.73 bits per heavy atom. The summed E-state index contributed by atoms with van der Waals surface area (Å²) in [5.74, 6) is 0.254. The minimum Gasteiger partial charge on any atom is -0.341 e. The summed E-state index contributed by atoms with van der Waals surface area (Å²) >= 11 is 0. The first kappa shape index (κ1) is 12.5. The van der Waals surface area contributed by atoms with Crippen LogP contribution >= 0.6 is 0 Å². The number of likely N-dealkylation sites (tertiary alicyclic amines) is 1. The maximum atomic E-state index is 12.0. The van der Waals surface area contributed by atoms with Crippen LogP contribution in [0, 0.1) is 0 Å². The van der Waals surface area contributed by atoms with Crippen LogP contribution in [0.5, 0.6) is 0 Å². The molecule has 3 nitrogen and oxygen atoms in total. The van der Waals surface area contributed by atoms with Gasteiger partial charge >= 0.3 is 0 Å². The molecule has 1 rings (SSSR count). The van der Waals surface area contributed by atoms with Crippen molar-refractivity contribution in [1.82, 2.24) is 10.2 Å². The van der Waals surface area contributed by atoms with Gasteiger partial charge in [-0.25, -0.2) is 0 Å². The Morgan fingerprint density at radius 1 is 1.20 bits per heavy atom. The third kappa shape index (κ3) is 4.20. The second-order valence-electron chi connectivity index (χ2n) is 5.50. The Bertz CT molecular complexity index is 214. The molecule has 0 aromatic heterocycles. The normalized spacial score (nSPS) is 20.1. The van der Waals surface area contributed by atoms with Crippen molar-refractivity contribution in [2.45, 2.75) is 58.5 Å². The summed E-state index contributed by atoms with van der Waals surface area (Å²) in [6.45, 7) is 10.1. The molecular formula is C12H24N2O. The summed E-state index contributed by atoms with van der Waals surface area (Å²) in [5.41, 5.74) is 0.00482. The minimum absolute atomic E-state index is 0.00482. The molecule has 0 aromatic carbocycles. The van der Waals surface area contributed by atoms with Gasteiger partial charge in [0.2, 0.25) is 5.91 Å². The van der Waals surface area contributed by atoms with Crippen molar-refractivity contribution in [1.29, 1.82) is 0 Å². The topological polar surface area (TPSA) is 32.3 Å². The molecule has 1 N–H and O–H groups in total. The van der Waals surface area contributed by atoms with E-state index in [0.717, 1.165) is 25.9 Å². The molecule has 1 aliphatic rings. The number of nitrogens with zero attached hydrogens (tertiary/aromatic N) is 1. The summed E-state index contributed by atoms with van der Waals surface area (Å²) in [4.78, 5) is 14.0. The van der Waals surface area contributed by atoms with Gasteiger partial charge in [-0.1, -0.05) is 0 Å². The molecule has 0 aliphatic carbocycles. The zero-order chi connectivity index (χ0) is 11.5. The van der Waals surface area contributed by atoms with Crippen LogP contribution in [0.3, 0.4) is 0 Å². The molecule has 1 unspecified atom stereocenters. The summed E-state index contributed by atoms with van der Waals surface area (Å²) in [6.07, 6.45) is 3.59. The molecule has 1 heterocycles. The fourth-order valence-corrected chi connectivity index (χ4v) is 2.10. The largest absolute Gasteiger partial charge is 0.341 e. The van der Waals surface area contributed by atoms with Gasteiger partial charge in [0, 0.05) is 18.6 Å². The smallest absolute Gasteiger partial charge is 0.239 e. The minimum atomic E-state index is -0.0666. The van der Waals surface area contributed by atoms with E-state index in [1.165, 1.54) is 6.42 Å². The van der Waals surface area contributed by atoms with Gasteiger partial charge in [-0.2, -0.15) is 0 Å². The lowest BCUT2D eigenvalue weighted by molar-refractivity contribution is -0.134. The maximum absolute atomic E-state index is 12.0. The molecule has 0 radical (unpaired) electrons. The van der Waals surface area contributed by atoms with Crippen molar-refractivity contribution in [2.24, 2.45) is 0 Å². The van der Waals surface area contributed by atoms with Gasteiger partial charge in [0.1, 0.15) is 0 Å². The SMILES string of the molecule is CC(NC(C)(C)C)C(=O)N1CCCCC1. The van der Waals surface area contributed by atoms with Crippen LogP contribution in [0.1, 0.15) is 47.0 Å². The Morgan fingerprint density at radius 3 is 2.20 bits per heavy atom. The van der Waals surface area contributed by atoms with E-state index in [0.29, 0.717) is 0 Å². The fourth-order valence-electron chi connectivity index (χ4n) is 2.10. The number of carbonyl (C=O) groups is 1. The van der Waals surface area contributed by atoms with E-state index >= 15 is 0 Å². The predicted molar refractivity (Wildman–Crippen MR) is 62.8 cm³/mol. The highest BCUT2D eigenvalue weighted by molar-refractivity contribution is 5.81. The van der Waals surface area contributed by atoms with Crippen molar-refractivity contribution in [2.75, 3.05) is 13.1 Å². The summed E-state index contributed by atoms with van der Waals surface area (Å²) in [5, 5.41) is 3.32. The number of piperidine rings is 1. The molecule has 1 amide bonds. The Hall–Kier alpha value is -0.570. The van der Waals surface area contributed by atoms with Crippen molar-refractivity contribution >= 4 is 5.91 Å². The predicted octanol–water partition coefficient (Wildman–Crippen LogP) is 1.78. The van der Waals surface area contributed by atoms with Crippen LogP contribution < -0.4 is 5.32 Å². The van der Waals surface area contributed by atoms with Crippen molar-refractivity contribution in [3.63, 3.8) is 0 Å². The molecular weight excluding hydrogens is 188 g/mol. The lowest BCUT2D eigenvalue weighted by Gasteiger charge is -2.32. The Kier molecular flexibility index (Phi) is 4.14. The maximum Gasteiger partial charge on any atom is 0.239 e. The molecule has 1 aliphatic heterocycles. The summed E-state index contributed by atoms with van der Waals surface area (Å²) in [7, 11) is 0. The average Bonchev–Trinajstić information content (AvgIpc) is 2.15. The van der Waals surface area contributed by atoms with Gasteiger partial charge in [0.25, 0.3) is 0 Å². The number of rotatable bonds is 2. The first-order valence-corrected chi connectivity index (χ1v) is 5.96. The van der Waals surface area contributed by atoms with Gasteiger partial charge in [-0.15, -0.1) is 0 Å². The highest BCUT2D eigenvalue weighted by Crippen LogP contribution is 2.11. The summed E-state index contributed by atoms with van der Waals surface area (Å²) in [6, 6.07) is -0.0666. The lowest BCUT2D eigenvalue weighted by atomic mass is 10.1. The molecule has 0 spiro atoms. The van der Waals surface area contributed by atoms with E-state index in [1.54, 1.807) is 0 Å². The van der Waals surface area contributed by atoms with E-state index in [9.17, 15) is 4.79 Å². The van der Waals surface area contributed by atoms with Crippen LogP contribution in [-0.2, 0) is 4.79 Å². The van der Waals surface area contributed by atoms with Crippen LogP contribution in [0.4, 0.5) is 0 Å². The molecule has 0 saturated carbocycles. The average molecular weight is 212 g/mol. The van der Waals surface area contributed by atoms with Crippen molar-refractivity contribution < 1.29 is 4.79 Å². The van der Waals surface area contributed by atoms with E-state index in [4.69, 9.17) is 0 Å². The van der Waals surface area contributed by atoms with E-state index in [1.807, 2.05) is 11.8 Å². The summed E-state index contributed by atoms with van der Waals surface area (Å²) < 4.78 is 0. The second kappa shape index (κ2) is 4.97. The lowest BCUT2D eigenvalue weighted by Crippen LogP contribution is -2.52. The van der Waals surface area contributed by atoms with E-state index in [2.05, 4.69) is 26.1 Å². The quantitative estimate of drug-likeness (QED) is 0.756. The Labute approximate surface area is 93.2 Å². The number of carbonyl (C=O) groups excluding carboxylic acids is 1. The van der Waals surface area contributed by atoms with Gasteiger partial charge < -0.3 is 10.2 Å². The zero-order valence-corrected chi connectivity index (χ0v) is 10.5. The van der Waals surface area contributed by atoms with Crippen molar-refractivity contribution in [3.05, 3.63) is 0 Å². The van der Waals surface area contributed by atoms with Crippen LogP contribution in [0.2, 0.25) is 0 Å². The molecule has 1 fully saturated rings. The number of hydrogen-bond acceptors (Lipinski definition) is 2. The third-order valence-electron chi connectivity index (χ3n) is 2.69. The Balaban J connectivity index is 2.44. The first-order valence-electron chi connectivity index (χ1n) is 5.96. The van der Waals surface area contributed by atoms with Gasteiger partial charge in [0.05, 0.1) is 6.04 Å². The molecule has 0 aromatic rings. The number of hydrogen-bond donors (Lipinski definition) is 1. The zero-order valence-electron chi connectivity index (χ0n) is 10.5. The van der Waals surface area contributed by atoms with Crippen LogP contribution in [-0.4, -0.2) is 35.5 Å². The fraction of sp³-hybridized carbons (Fsp3) is 0.917. The van der Waals surface area contributed by atoms with Crippen molar-refractivity contribution in [3.8, 4) is 0 Å². The van der Waals surface area contributed by atoms with Gasteiger partial charge in [-0.3, -0.25) is 4.79 Å². The van der Waals surface area contributed by atoms with Crippen LogP contribution in [0.15, 0.2) is 0 Å². The van der Waals surface area contributed by atoms with Gasteiger partial charge in [-0.05, 0) is 47.0 Å². The number of nitrogens with one attached hydrogen (secondary N) is 1. The van der Waals surface area contributed by atoms with E-state index in [-0.39, 0.29) is 17.5 Å². The monoisotopic (exact) mass is 212 g/mol. The molecule has 1 saturated heterocycles. The molecule has 0 bridgehead atoms.